The van der Waals surface area contributed by atoms with Crippen molar-refractivity contribution in [3.05, 3.63) is 0 Å². The monoisotopic (exact) mass is 643 g/mol. The van der Waals surface area contributed by atoms with Gasteiger partial charge in [0.25, 0.3) is 6.47 Å². The van der Waals surface area contributed by atoms with Crippen LogP contribution in [0.3, 0.4) is 0 Å². The lowest BCUT2D eigenvalue weighted by molar-refractivity contribution is -0.141. The predicted molar refractivity (Wildman–Crippen MR) is 160 cm³/mol. The minimum atomic E-state index is -1.48. The highest BCUT2D eigenvalue weighted by Gasteiger charge is 2.24. The molecular weight excluding hydrogens is 594 g/mol. The Bertz CT molecular complexity index is 972. The Morgan fingerprint density at radius 2 is 1.22 bits per heavy atom. The second kappa shape index (κ2) is 25.3. The first-order valence-electron chi connectivity index (χ1n) is 15.5. The number of ketones is 2. The largest absolute Gasteiger partial charge is 0.481 e. The third kappa shape index (κ3) is 24.0. The molecule has 45 heavy (non-hydrogen) atoms. The highest BCUT2D eigenvalue weighted by atomic mass is 16.5. The van der Waals surface area contributed by atoms with Gasteiger partial charge >= 0.3 is 23.9 Å². The van der Waals surface area contributed by atoms with Gasteiger partial charge in [-0.15, -0.1) is 0 Å². The number of carbonyl (C=O) groups excluding carboxylic acids is 5. The van der Waals surface area contributed by atoms with Gasteiger partial charge < -0.3 is 40.8 Å². The fourth-order valence-electron chi connectivity index (χ4n) is 4.47. The summed E-state index contributed by atoms with van der Waals surface area (Å²) < 4.78 is 5.04. The molecule has 0 saturated heterocycles. The number of carboxylic acid groups (broad SMARTS) is 3. The number of carboxylic acids is 3. The second-order valence-electron chi connectivity index (χ2n) is 11.0. The number of Topliss-reactive ketones (excluding diaryl/α,β-unsaturated/α-hetero) is 2. The number of unbranched alkanes of at least 4 members (excludes halogenated alkanes) is 6. The fourth-order valence-corrected chi connectivity index (χ4v) is 4.47. The van der Waals surface area contributed by atoms with E-state index in [0.717, 1.165) is 32.1 Å². The topological polar surface area (TPSA) is 243 Å². The molecule has 0 saturated carbocycles. The molecule has 0 aliphatic rings. The third-order valence-corrected chi connectivity index (χ3v) is 6.96. The van der Waals surface area contributed by atoms with Crippen LogP contribution in [0.5, 0.6) is 0 Å². The highest BCUT2D eigenvalue weighted by molar-refractivity contribution is 5.86. The van der Waals surface area contributed by atoms with E-state index in [1.165, 1.54) is 0 Å². The van der Waals surface area contributed by atoms with Crippen molar-refractivity contribution in [3.8, 4) is 0 Å². The summed E-state index contributed by atoms with van der Waals surface area (Å²) in [5.74, 6) is -4.00. The lowest BCUT2D eigenvalue weighted by Crippen LogP contribution is -2.51. The van der Waals surface area contributed by atoms with E-state index >= 15 is 0 Å². The summed E-state index contributed by atoms with van der Waals surface area (Å²) in [6.45, 7) is 2.21. The Hall–Kier alpha value is -4.04. The number of ether oxygens (including phenoxy) is 1. The molecule has 0 rings (SSSR count). The molecule has 6 N–H and O–H groups in total. The molecule has 15 nitrogen and oxygen atoms in total. The number of aliphatic carboxylic acids is 3. The summed E-state index contributed by atoms with van der Waals surface area (Å²) in [6.07, 6.45) is 6.72. The van der Waals surface area contributed by atoms with Crippen molar-refractivity contribution in [2.24, 2.45) is 0 Å². The first-order valence-corrected chi connectivity index (χ1v) is 15.5. The SMILES string of the molecule is CC(=O)CCCCCC(CC(=O)CCCCCCC(=O)NCCCC[C@H](NC(=O)N[C@@H](CCC(=O)O)C(=O)O)C(=O)O)OC=O. The molecule has 256 valence electrons. The maximum atomic E-state index is 12.3. The van der Waals surface area contributed by atoms with E-state index in [0.29, 0.717) is 64.4 Å². The Kier molecular flexibility index (Phi) is 23.0. The molecule has 0 bridgehead atoms. The molecule has 0 aromatic heterocycles. The summed E-state index contributed by atoms with van der Waals surface area (Å²) in [5.41, 5.74) is 0. The van der Waals surface area contributed by atoms with E-state index in [1.807, 2.05) is 0 Å². The van der Waals surface area contributed by atoms with Crippen LogP contribution in [0, 0.1) is 0 Å². The van der Waals surface area contributed by atoms with Crippen LogP contribution in [0.2, 0.25) is 0 Å². The van der Waals surface area contributed by atoms with Crippen molar-refractivity contribution in [1.82, 2.24) is 16.0 Å². The van der Waals surface area contributed by atoms with Crippen LogP contribution in [0.15, 0.2) is 0 Å². The molecule has 0 aromatic rings. The van der Waals surface area contributed by atoms with E-state index in [4.69, 9.17) is 14.9 Å². The number of amides is 3. The Morgan fingerprint density at radius 1 is 0.667 bits per heavy atom. The van der Waals surface area contributed by atoms with Crippen molar-refractivity contribution in [3.63, 3.8) is 0 Å². The van der Waals surface area contributed by atoms with Gasteiger partial charge in [-0.3, -0.25) is 19.2 Å². The molecule has 0 radical (unpaired) electrons. The zero-order valence-corrected chi connectivity index (χ0v) is 26.1. The van der Waals surface area contributed by atoms with Crippen molar-refractivity contribution >= 4 is 47.9 Å². The van der Waals surface area contributed by atoms with Crippen molar-refractivity contribution in [1.29, 1.82) is 0 Å². The lowest BCUT2D eigenvalue weighted by atomic mass is 10.0. The zero-order chi connectivity index (χ0) is 34.0. The Balaban J connectivity index is 4.09. The number of hydrogen-bond donors (Lipinski definition) is 6. The van der Waals surface area contributed by atoms with E-state index < -0.39 is 48.5 Å². The minimum Gasteiger partial charge on any atom is -0.481 e. The van der Waals surface area contributed by atoms with Gasteiger partial charge in [-0.25, -0.2) is 14.4 Å². The van der Waals surface area contributed by atoms with Crippen LogP contribution in [0.25, 0.3) is 0 Å². The number of carbonyl (C=O) groups is 8. The van der Waals surface area contributed by atoms with Gasteiger partial charge in [0.2, 0.25) is 5.91 Å². The van der Waals surface area contributed by atoms with Crippen LogP contribution in [-0.2, 0) is 38.3 Å². The number of hydrogen-bond acceptors (Lipinski definition) is 9. The number of rotatable bonds is 29. The van der Waals surface area contributed by atoms with Crippen molar-refractivity contribution in [2.75, 3.05) is 6.54 Å². The van der Waals surface area contributed by atoms with Crippen LogP contribution < -0.4 is 16.0 Å². The molecule has 15 heteroatoms. The minimum absolute atomic E-state index is 0.0180. The third-order valence-electron chi connectivity index (χ3n) is 6.96. The molecule has 0 spiro atoms. The molecule has 3 amide bonds. The number of nitrogens with one attached hydrogen (secondary N) is 3. The molecule has 0 aliphatic carbocycles. The van der Waals surface area contributed by atoms with E-state index in [9.17, 15) is 43.5 Å². The standard InChI is InChI=1S/C30H49N3O12/c1-21(35)11-5-4-7-13-23(45-20-34)19-22(36)12-6-2-3-8-15-26(37)31-18-10-9-14-24(28(40)41)32-30(44)33-25(29(42)43)16-17-27(38)39/h20,23-25H,2-19H2,1H3,(H,31,37)(H,38,39)(H,40,41)(H,42,43)(H2,32,33,44)/t23?,24-,25-/m0/s1. The summed E-state index contributed by atoms with van der Waals surface area (Å²) in [7, 11) is 0. The molecule has 0 fully saturated rings. The van der Waals surface area contributed by atoms with Gasteiger partial charge in [0.15, 0.2) is 0 Å². The van der Waals surface area contributed by atoms with Crippen molar-refractivity contribution < 1.29 is 58.4 Å². The average Bonchev–Trinajstić information content (AvgIpc) is 2.95. The van der Waals surface area contributed by atoms with Crippen LogP contribution in [-0.4, -0.2) is 87.9 Å². The summed E-state index contributed by atoms with van der Waals surface area (Å²) in [5, 5.41) is 34.1. The highest BCUT2D eigenvalue weighted by Crippen LogP contribution is 2.14. The molecule has 0 aromatic carbocycles. The Morgan fingerprint density at radius 3 is 1.80 bits per heavy atom. The van der Waals surface area contributed by atoms with Gasteiger partial charge in [0.1, 0.15) is 29.8 Å². The second-order valence-corrected chi connectivity index (χ2v) is 11.0. The van der Waals surface area contributed by atoms with E-state index in [2.05, 4.69) is 16.0 Å². The molecule has 1 unspecified atom stereocenters. The first kappa shape index (κ1) is 41.0. The maximum absolute atomic E-state index is 12.3. The average molecular weight is 644 g/mol. The van der Waals surface area contributed by atoms with Gasteiger partial charge in [-0.2, -0.15) is 0 Å². The fraction of sp³-hybridized carbons (Fsp3) is 0.733. The van der Waals surface area contributed by atoms with E-state index in [1.54, 1.807) is 6.92 Å². The first-order chi connectivity index (χ1) is 21.3. The quantitative estimate of drug-likeness (QED) is 0.0509. The zero-order valence-electron chi connectivity index (χ0n) is 26.1. The normalized spacial score (nSPS) is 12.6. The smallest absolute Gasteiger partial charge is 0.326 e. The molecule has 3 atom stereocenters. The molecular formula is C30H49N3O12. The predicted octanol–water partition coefficient (Wildman–Crippen LogP) is 2.72. The summed E-state index contributed by atoms with van der Waals surface area (Å²) in [6, 6.07) is -3.82. The van der Waals surface area contributed by atoms with Gasteiger partial charge in [-0.05, 0) is 64.7 Å². The van der Waals surface area contributed by atoms with Gasteiger partial charge in [0, 0.05) is 38.6 Å². The van der Waals surface area contributed by atoms with Crippen LogP contribution in [0.1, 0.15) is 116 Å². The van der Waals surface area contributed by atoms with Gasteiger partial charge in [-0.1, -0.05) is 19.3 Å². The Labute approximate surface area is 263 Å². The van der Waals surface area contributed by atoms with Crippen LogP contribution >= 0.6 is 0 Å². The summed E-state index contributed by atoms with van der Waals surface area (Å²) >= 11 is 0. The van der Waals surface area contributed by atoms with Gasteiger partial charge in [0.05, 0.1) is 0 Å². The van der Waals surface area contributed by atoms with Crippen molar-refractivity contribution in [2.45, 2.75) is 134 Å². The maximum Gasteiger partial charge on any atom is 0.326 e. The summed E-state index contributed by atoms with van der Waals surface area (Å²) in [4.78, 5) is 91.4. The molecule has 0 aliphatic heterocycles. The molecule has 0 heterocycles. The van der Waals surface area contributed by atoms with Crippen LogP contribution in [0.4, 0.5) is 4.79 Å². The van der Waals surface area contributed by atoms with E-state index in [-0.39, 0.29) is 36.7 Å². The lowest BCUT2D eigenvalue weighted by Gasteiger charge is -2.18. The number of urea groups is 1.